The molecule has 0 amide bonds. The first kappa shape index (κ1) is 18.8. The standard InChI is InChI=1S/C19H26N6O2/c1-4-5-6-10-21-18-17-14(22-19(20)23-18)12-25(24-17)11-13-15(26-2)8-7-9-16(13)27-3/h7-9,12H,4-6,10-11H2,1-3H3,(H3,20,21,22,23). The minimum atomic E-state index is 0.231. The van der Waals surface area contributed by atoms with Crippen LogP contribution in [0.2, 0.25) is 0 Å². The molecule has 0 bridgehead atoms. The second-order valence-electron chi connectivity index (χ2n) is 6.27. The molecule has 1 aromatic carbocycles. The van der Waals surface area contributed by atoms with E-state index in [1.54, 1.807) is 18.9 Å². The number of unbranched alkanes of at least 4 members (excludes halogenated alkanes) is 2. The summed E-state index contributed by atoms with van der Waals surface area (Å²) in [6, 6.07) is 5.70. The SMILES string of the molecule is CCCCCNc1nc(N)nc2cn(Cc3c(OC)cccc3OC)nc12. The van der Waals surface area contributed by atoms with Gasteiger partial charge in [0.2, 0.25) is 5.95 Å². The van der Waals surface area contributed by atoms with E-state index in [1.165, 1.54) is 12.8 Å². The molecule has 144 valence electrons. The zero-order chi connectivity index (χ0) is 19.2. The zero-order valence-corrected chi connectivity index (χ0v) is 16.0. The van der Waals surface area contributed by atoms with Crippen LogP contribution in [0.25, 0.3) is 11.0 Å². The van der Waals surface area contributed by atoms with Crippen molar-refractivity contribution in [3.8, 4) is 11.5 Å². The van der Waals surface area contributed by atoms with Gasteiger partial charge in [-0.15, -0.1) is 0 Å². The molecule has 0 aliphatic rings. The Morgan fingerprint density at radius 1 is 1.11 bits per heavy atom. The maximum atomic E-state index is 5.87. The lowest BCUT2D eigenvalue weighted by molar-refractivity contribution is 0.382. The fourth-order valence-electron chi connectivity index (χ4n) is 3.01. The number of nitrogens with one attached hydrogen (secondary N) is 1. The first-order valence-corrected chi connectivity index (χ1v) is 9.10. The van der Waals surface area contributed by atoms with Crippen molar-refractivity contribution in [2.24, 2.45) is 0 Å². The predicted molar refractivity (Wildman–Crippen MR) is 106 cm³/mol. The number of ether oxygens (including phenoxy) is 2. The molecule has 0 spiro atoms. The fourth-order valence-corrected chi connectivity index (χ4v) is 3.01. The maximum Gasteiger partial charge on any atom is 0.222 e. The summed E-state index contributed by atoms with van der Waals surface area (Å²) in [5.41, 5.74) is 8.19. The molecule has 0 fully saturated rings. The number of aromatic nitrogens is 4. The van der Waals surface area contributed by atoms with Crippen LogP contribution in [0.4, 0.5) is 11.8 Å². The van der Waals surface area contributed by atoms with Crippen LogP contribution >= 0.6 is 0 Å². The van der Waals surface area contributed by atoms with E-state index >= 15 is 0 Å². The summed E-state index contributed by atoms with van der Waals surface area (Å²) in [5.74, 6) is 2.39. The van der Waals surface area contributed by atoms with E-state index in [2.05, 4.69) is 27.3 Å². The fraction of sp³-hybridized carbons (Fsp3) is 0.421. The minimum Gasteiger partial charge on any atom is -0.496 e. The van der Waals surface area contributed by atoms with Gasteiger partial charge in [-0.3, -0.25) is 4.68 Å². The summed E-state index contributed by atoms with van der Waals surface area (Å²) < 4.78 is 12.7. The van der Waals surface area contributed by atoms with E-state index in [1.807, 2.05) is 24.4 Å². The lowest BCUT2D eigenvalue weighted by Crippen LogP contribution is -2.07. The Bertz CT molecular complexity index is 886. The summed E-state index contributed by atoms with van der Waals surface area (Å²) in [5, 5.41) is 7.99. The largest absolute Gasteiger partial charge is 0.496 e. The Hall–Kier alpha value is -3.03. The van der Waals surface area contributed by atoms with Crippen molar-refractivity contribution in [2.45, 2.75) is 32.7 Å². The number of methoxy groups -OCH3 is 2. The molecule has 3 aromatic rings. The van der Waals surface area contributed by atoms with E-state index < -0.39 is 0 Å². The van der Waals surface area contributed by atoms with Crippen LogP contribution in [0.1, 0.15) is 31.7 Å². The molecule has 8 heteroatoms. The quantitative estimate of drug-likeness (QED) is 0.558. The van der Waals surface area contributed by atoms with Gasteiger partial charge in [0.1, 0.15) is 17.0 Å². The molecule has 8 nitrogen and oxygen atoms in total. The molecular formula is C19H26N6O2. The monoisotopic (exact) mass is 370 g/mol. The van der Waals surface area contributed by atoms with Gasteiger partial charge in [0.15, 0.2) is 11.3 Å². The molecular weight excluding hydrogens is 344 g/mol. The van der Waals surface area contributed by atoms with Crippen molar-refractivity contribution in [2.75, 3.05) is 31.8 Å². The van der Waals surface area contributed by atoms with Gasteiger partial charge in [-0.1, -0.05) is 25.8 Å². The van der Waals surface area contributed by atoms with E-state index in [0.717, 1.165) is 30.0 Å². The molecule has 0 atom stereocenters. The first-order valence-electron chi connectivity index (χ1n) is 9.10. The Morgan fingerprint density at radius 2 is 1.85 bits per heavy atom. The molecule has 0 aliphatic heterocycles. The Kier molecular flexibility index (Phi) is 5.95. The Balaban J connectivity index is 1.91. The summed E-state index contributed by atoms with van der Waals surface area (Å²) in [6.45, 7) is 3.49. The van der Waals surface area contributed by atoms with Gasteiger partial charge >= 0.3 is 0 Å². The molecule has 2 heterocycles. The zero-order valence-electron chi connectivity index (χ0n) is 16.0. The normalized spacial score (nSPS) is 10.9. The van der Waals surface area contributed by atoms with Gasteiger partial charge in [-0.05, 0) is 18.6 Å². The van der Waals surface area contributed by atoms with E-state index in [9.17, 15) is 0 Å². The highest BCUT2D eigenvalue weighted by atomic mass is 16.5. The van der Waals surface area contributed by atoms with Crippen LogP contribution in [-0.2, 0) is 6.54 Å². The highest BCUT2D eigenvalue weighted by molar-refractivity contribution is 5.85. The third kappa shape index (κ3) is 4.21. The van der Waals surface area contributed by atoms with E-state index in [0.29, 0.717) is 23.4 Å². The van der Waals surface area contributed by atoms with Gasteiger partial charge in [0, 0.05) is 6.54 Å². The van der Waals surface area contributed by atoms with Crippen molar-refractivity contribution in [1.82, 2.24) is 19.7 Å². The average Bonchev–Trinajstić information content (AvgIpc) is 3.07. The highest BCUT2D eigenvalue weighted by Gasteiger charge is 2.14. The molecule has 27 heavy (non-hydrogen) atoms. The smallest absolute Gasteiger partial charge is 0.222 e. The van der Waals surface area contributed by atoms with Gasteiger partial charge in [-0.25, -0.2) is 4.98 Å². The first-order chi connectivity index (χ1) is 13.2. The maximum absolute atomic E-state index is 5.87. The van der Waals surface area contributed by atoms with Crippen LogP contribution < -0.4 is 20.5 Å². The number of fused-ring (bicyclic) bond motifs is 1. The van der Waals surface area contributed by atoms with Crippen LogP contribution in [0.15, 0.2) is 24.4 Å². The lowest BCUT2D eigenvalue weighted by atomic mass is 10.1. The van der Waals surface area contributed by atoms with Gasteiger partial charge in [-0.2, -0.15) is 10.1 Å². The summed E-state index contributed by atoms with van der Waals surface area (Å²) in [6.07, 6.45) is 5.26. The van der Waals surface area contributed by atoms with Crippen LogP contribution in [0, 0.1) is 0 Å². The molecule has 3 rings (SSSR count). The molecule has 3 N–H and O–H groups in total. The molecule has 0 radical (unpaired) electrons. The number of nitrogens with zero attached hydrogens (tertiary/aromatic N) is 4. The van der Waals surface area contributed by atoms with Crippen LogP contribution in [0.5, 0.6) is 11.5 Å². The highest BCUT2D eigenvalue weighted by Crippen LogP contribution is 2.29. The van der Waals surface area contributed by atoms with Crippen molar-refractivity contribution in [3.05, 3.63) is 30.0 Å². The van der Waals surface area contributed by atoms with E-state index in [-0.39, 0.29) is 5.95 Å². The van der Waals surface area contributed by atoms with Gasteiger partial charge < -0.3 is 20.5 Å². The van der Waals surface area contributed by atoms with Crippen molar-refractivity contribution in [1.29, 1.82) is 0 Å². The Labute approximate surface area is 158 Å². The van der Waals surface area contributed by atoms with Crippen molar-refractivity contribution >= 4 is 22.8 Å². The summed E-state index contributed by atoms with van der Waals surface area (Å²) in [7, 11) is 3.28. The number of anilines is 2. The van der Waals surface area contributed by atoms with Crippen molar-refractivity contribution < 1.29 is 9.47 Å². The molecule has 0 unspecified atom stereocenters. The third-order valence-corrected chi connectivity index (χ3v) is 4.35. The predicted octanol–water partition coefficient (Wildman–Crippen LogP) is 3.08. The molecule has 2 aromatic heterocycles. The third-order valence-electron chi connectivity index (χ3n) is 4.35. The number of hydrogen-bond acceptors (Lipinski definition) is 7. The van der Waals surface area contributed by atoms with Gasteiger partial charge in [0.25, 0.3) is 0 Å². The van der Waals surface area contributed by atoms with Crippen LogP contribution in [-0.4, -0.2) is 40.5 Å². The Morgan fingerprint density at radius 3 is 2.52 bits per heavy atom. The molecule has 0 saturated heterocycles. The number of nitrogen functional groups attached to an aromatic ring is 1. The topological polar surface area (TPSA) is 100 Å². The number of rotatable bonds is 9. The number of benzene rings is 1. The van der Waals surface area contributed by atoms with Crippen molar-refractivity contribution in [3.63, 3.8) is 0 Å². The lowest BCUT2D eigenvalue weighted by Gasteiger charge is -2.12. The summed E-state index contributed by atoms with van der Waals surface area (Å²) >= 11 is 0. The average molecular weight is 370 g/mol. The number of nitrogens with two attached hydrogens (primary N) is 1. The second-order valence-corrected chi connectivity index (χ2v) is 6.27. The second kappa shape index (κ2) is 8.57. The van der Waals surface area contributed by atoms with Crippen LogP contribution in [0.3, 0.4) is 0 Å². The molecule has 0 saturated carbocycles. The van der Waals surface area contributed by atoms with E-state index in [4.69, 9.17) is 15.2 Å². The summed E-state index contributed by atoms with van der Waals surface area (Å²) in [4.78, 5) is 8.63. The molecule has 0 aliphatic carbocycles. The number of hydrogen-bond donors (Lipinski definition) is 2. The van der Waals surface area contributed by atoms with Gasteiger partial charge in [0.05, 0.1) is 32.5 Å². The minimum absolute atomic E-state index is 0.231.